The molecule has 1 aliphatic rings. The van der Waals surface area contributed by atoms with E-state index in [0.29, 0.717) is 13.0 Å². The average molecular weight is 271 g/mol. The van der Waals surface area contributed by atoms with E-state index in [1.54, 1.807) is 7.11 Å². The summed E-state index contributed by atoms with van der Waals surface area (Å²) in [5, 5.41) is 3.04. The van der Waals surface area contributed by atoms with Crippen molar-refractivity contribution in [3.8, 4) is 0 Å². The first-order valence-electron chi connectivity index (χ1n) is 6.93. The van der Waals surface area contributed by atoms with Gasteiger partial charge in [0.2, 0.25) is 5.91 Å². The van der Waals surface area contributed by atoms with Crippen LogP contribution in [0.5, 0.6) is 0 Å². The first-order valence-corrected chi connectivity index (χ1v) is 6.93. The molecule has 1 atom stereocenters. The van der Waals surface area contributed by atoms with E-state index in [2.05, 4.69) is 5.32 Å². The van der Waals surface area contributed by atoms with E-state index in [-0.39, 0.29) is 29.8 Å². The Morgan fingerprint density at radius 3 is 2.37 bits per heavy atom. The molecule has 0 aromatic rings. The number of carbonyl (C=O) groups is 2. The predicted octanol–water partition coefficient (Wildman–Crippen LogP) is 1.51. The van der Waals surface area contributed by atoms with Crippen LogP contribution in [0.4, 0.5) is 0 Å². The first kappa shape index (κ1) is 16.0. The van der Waals surface area contributed by atoms with Gasteiger partial charge in [-0.25, -0.2) is 0 Å². The molecule has 0 radical (unpaired) electrons. The van der Waals surface area contributed by atoms with Gasteiger partial charge in [-0.1, -0.05) is 6.92 Å². The van der Waals surface area contributed by atoms with Crippen LogP contribution < -0.4 is 5.32 Å². The summed E-state index contributed by atoms with van der Waals surface area (Å²) >= 11 is 0. The Morgan fingerprint density at radius 1 is 1.21 bits per heavy atom. The lowest BCUT2D eigenvalue weighted by atomic mass is 9.86. The van der Waals surface area contributed by atoms with E-state index in [0.717, 1.165) is 25.7 Å². The van der Waals surface area contributed by atoms with Gasteiger partial charge < -0.3 is 14.8 Å². The molecule has 0 aromatic carbocycles. The molecule has 19 heavy (non-hydrogen) atoms. The van der Waals surface area contributed by atoms with Gasteiger partial charge >= 0.3 is 5.97 Å². The van der Waals surface area contributed by atoms with Gasteiger partial charge in [0.1, 0.15) is 0 Å². The zero-order valence-corrected chi connectivity index (χ0v) is 12.1. The van der Waals surface area contributed by atoms with Crippen LogP contribution in [0.1, 0.15) is 39.0 Å². The molecule has 0 spiro atoms. The van der Waals surface area contributed by atoms with Gasteiger partial charge in [-0.2, -0.15) is 0 Å². The third-order valence-electron chi connectivity index (χ3n) is 3.61. The van der Waals surface area contributed by atoms with E-state index in [1.165, 1.54) is 7.11 Å². The van der Waals surface area contributed by atoms with Crippen LogP contribution >= 0.6 is 0 Å². The van der Waals surface area contributed by atoms with Gasteiger partial charge in [-0.05, 0) is 31.6 Å². The van der Waals surface area contributed by atoms with Crippen LogP contribution in [0.15, 0.2) is 0 Å². The minimum atomic E-state index is -0.126. The molecule has 1 rings (SSSR count). The van der Waals surface area contributed by atoms with Gasteiger partial charge in [-0.15, -0.1) is 0 Å². The summed E-state index contributed by atoms with van der Waals surface area (Å²) in [5.74, 6) is 0.187. The van der Waals surface area contributed by atoms with Crippen molar-refractivity contribution in [3.63, 3.8) is 0 Å². The molecule has 0 bridgehead atoms. The van der Waals surface area contributed by atoms with Crippen molar-refractivity contribution in [2.24, 2.45) is 11.8 Å². The summed E-state index contributed by atoms with van der Waals surface area (Å²) in [4.78, 5) is 23.2. The highest BCUT2D eigenvalue weighted by atomic mass is 16.5. The smallest absolute Gasteiger partial charge is 0.308 e. The number of methoxy groups -OCH3 is 2. The van der Waals surface area contributed by atoms with Gasteiger partial charge in [0.15, 0.2) is 0 Å². The lowest BCUT2D eigenvalue weighted by Gasteiger charge is -2.27. The number of ether oxygens (including phenoxy) is 2. The monoisotopic (exact) mass is 271 g/mol. The second kappa shape index (κ2) is 8.15. The van der Waals surface area contributed by atoms with Crippen LogP contribution in [0.3, 0.4) is 0 Å². The Morgan fingerprint density at radius 2 is 1.84 bits per heavy atom. The van der Waals surface area contributed by atoms with Crippen molar-refractivity contribution in [3.05, 3.63) is 0 Å². The SMILES string of the molecule is COCC(C)CC(=O)NC1CCC(C(=O)OC)CC1. The maximum absolute atomic E-state index is 11.8. The first-order chi connectivity index (χ1) is 9.06. The van der Waals surface area contributed by atoms with Crippen LogP contribution in [-0.4, -0.2) is 38.7 Å². The third-order valence-corrected chi connectivity index (χ3v) is 3.61. The van der Waals surface area contributed by atoms with Crippen molar-refractivity contribution in [2.45, 2.75) is 45.1 Å². The highest BCUT2D eigenvalue weighted by Gasteiger charge is 2.27. The third kappa shape index (κ3) is 5.59. The summed E-state index contributed by atoms with van der Waals surface area (Å²) in [7, 11) is 3.07. The lowest BCUT2D eigenvalue weighted by Crippen LogP contribution is -2.39. The van der Waals surface area contributed by atoms with Crippen molar-refractivity contribution in [1.29, 1.82) is 0 Å². The highest BCUT2D eigenvalue weighted by Crippen LogP contribution is 2.25. The van der Waals surface area contributed by atoms with Crippen molar-refractivity contribution >= 4 is 11.9 Å². The second-order valence-corrected chi connectivity index (χ2v) is 5.40. The summed E-state index contributed by atoms with van der Waals surface area (Å²) in [5.41, 5.74) is 0. The Hall–Kier alpha value is -1.10. The molecule has 0 saturated heterocycles. The zero-order valence-electron chi connectivity index (χ0n) is 12.1. The number of hydrogen-bond acceptors (Lipinski definition) is 4. The lowest BCUT2D eigenvalue weighted by molar-refractivity contribution is -0.146. The van der Waals surface area contributed by atoms with E-state index < -0.39 is 0 Å². The number of carbonyl (C=O) groups excluding carboxylic acids is 2. The minimum Gasteiger partial charge on any atom is -0.469 e. The molecule has 0 aliphatic heterocycles. The molecule has 0 aromatic heterocycles. The molecule has 5 nitrogen and oxygen atoms in total. The topological polar surface area (TPSA) is 64.6 Å². The quantitative estimate of drug-likeness (QED) is 0.744. The number of hydrogen-bond donors (Lipinski definition) is 1. The fraction of sp³-hybridized carbons (Fsp3) is 0.857. The summed E-state index contributed by atoms with van der Waals surface area (Å²) in [6, 6.07) is 0.197. The van der Waals surface area contributed by atoms with Crippen molar-refractivity contribution < 1.29 is 19.1 Å². The summed E-state index contributed by atoms with van der Waals surface area (Å²) < 4.78 is 9.76. The Bertz CT molecular complexity index is 298. The largest absolute Gasteiger partial charge is 0.469 e. The molecular formula is C14H25NO4. The fourth-order valence-corrected chi connectivity index (χ4v) is 2.59. The maximum Gasteiger partial charge on any atom is 0.308 e. The van der Waals surface area contributed by atoms with Crippen molar-refractivity contribution in [2.75, 3.05) is 20.8 Å². The van der Waals surface area contributed by atoms with E-state index >= 15 is 0 Å². The van der Waals surface area contributed by atoms with Crippen LogP contribution in [0, 0.1) is 11.8 Å². The molecular weight excluding hydrogens is 246 g/mol. The molecule has 0 heterocycles. The van der Waals surface area contributed by atoms with Gasteiger partial charge in [0.25, 0.3) is 0 Å². The second-order valence-electron chi connectivity index (χ2n) is 5.40. The van der Waals surface area contributed by atoms with Gasteiger partial charge in [0.05, 0.1) is 13.0 Å². The van der Waals surface area contributed by atoms with Crippen LogP contribution in [-0.2, 0) is 19.1 Å². The Labute approximate surface area is 115 Å². The molecule has 1 saturated carbocycles. The Kier molecular flexibility index (Phi) is 6.84. The van der Waals surface area contributed by atoms with E-state index in [9.17, 15) is 9.59 Å². The molecule has 1 amide bonds. The Balaban J connectivity index is 2.25. The molecule has 110 valence electrons. The number of amides is 1. The van der Waals surface area contributed by atoms with Crippen molar-refractivity contribution in [1.82, 2.24) is 5.32 Å². The van der Waals surface area contributed by atoms with Gasteiger partial charge in [-0.3, -0.25) is 9.59 Å². The molecule has 1 unspecified atom stereocenters. The minimum absolute atomic E-state index is 0.00515. The highest BCUT2D eigenvalue weighted by molar-refractivity contribution is 5.76. The number of nitrogens with one attached hydrogen (secondary N) is 1. The number of esters is 1. The zero-order chi connectivity index (χ0) is 14.3. The molecule has 1 aliphatic carbocycles. The fourth-order valence-electron chi connectivity index (χ4n) is 2.59. The standard InChI is InChI=1S/C14H25NO4/c1-10(9-18-2)8-13(16)15-12-6-4-11(5-7-12)14(17)19-3/h10-12H,4-9H2,1-3H3,(H,15,16). The molecule has 1 fully saturated rings. The average Bonchev–Trinajstić information content (AvgIpc) is 2.38. The molecule has 1 N–H and O–H groups in total. The molecule has 5 heteroatoms. The predicted molar refractivity (Wildman–Crippen MR) is 71.6 cm³/mol. The van der Waals surface area contributed by atoms with Gasteiger partial charge in [0, 0.05) is 26.2 Å². The van der Waals surface area contributed by atoms with Crippen LogP contribution in [0.2, 0.25) is 0 Å². The maximum atomic E-state index is 11.8. The normalized spacial score (nSPS) is 24.6. The summed E-state index contributed by atoms with van der Waals surface area (Å²) in [6.45, 7) is 2.60. The van der Waals surface area contributed by atoms with Crippen LogP contribution in [0.25, 0.3) is 0 Å². The number of rotatable bonds is 6. The van der Waals surface area contributed by atoms with E-state index in [1.807, 2.05) is 6.92 Å². The summed E-state index contributed by atoms with van der Waals surface area (Å²) in [6.07, 6.45) is 3.79. The van der Waals surface area contributed by atoms with E-state index in [4.69, 9.17) is 9.47 Å².